The van der Waals surface area contributed by atoms with Gasteiger partial charge in [-0.1, -0.05) is 0 Å². The lowest BCUT2D eigenvalue weighted by atomic mass is 10.1. The molecule has 130 valence electrons. The molecule has 0 saturated carbocycles. The van der Waals surface area contributed by atoms with E-state index in [0.717, 1.165) is 12.1 Å². The molecule has 0 saturated heterocycles. The number of anilines is 1. The number of amides is 1. The van der Waals surface area contributed by atoms with Gasteiger partial charge in [-0.05, 0) is 19.1 Å². The van der Waals surface area contributed by atoms with E-state index in [9.17, 15) is 13.6 Å². The van der Waals surface area contributed by atoms with Gasteiger partial charge in [0.2, 0.25) is 0 Å². The Morgan fingerprint density at radius 1 is 1.16 bits per heavy atom. The Kier molecular flexibility index (Phi) is 3.67. The summed E-state index contributed by atoms with van der Waals surface area (Å²) in [5.74, 6) is -1.72. The minimum Gasteiger partial charge on any atom is -0.487 e. The van der Waals surface area contributed by atoms with Crippen LogP contribution in [0.25, 0.3) is 0 Å². The standard InChI is InChI=1S/C17H14F2N2O4/c1-9-8-21(13-6-10(18)11(19)7-15(13)25-9)17(22)12-2-3-14-16(20-12)24-5-4-23-14/h2-3,6-7,9H,4-5,8H2,1H3. The zero-order valence-electron chi connectivity index (χ0n) is 13.3. The van der Waals surface area contributed by atoms with Gasteiger partial charge in [-0.15, -0.1) is 0 Å². The van der Waals surface area contributed by atoms with Crippen molar-refractivity contribution in [2.24, 2.45) is 0 Å². The van der Waals surface area contributed by atoms with E-state index < -0.39 is 17.5 Å². The van der Waals surface area contributed by atoms with Crippen molar-refractivity contribution in [1.29, 1.82) is 0 Å². The van der Waals surface area contributed by atoms with E-state index >= 15 is 0 Å². The average Bonchev–Trinajstić information content (AvgIpc) is 2.61. The molecule has 2 aromatic rings. The van der Waals surface area contributed by atoms with Gasteiger partial charge in [0, 0.05) is 12.1 Å². The van der Waals surface area contributed by atoms with Crippen LogP contribution < -0.4 is 19.1 Å². The Morgan fingerprint density at radius 2 is 1.92 bits per heavy atom. The summed E-state index contributed by atoms with van der Waals surface area (Å²) >= 11 is 0. The zero-order valence-corrected chi connectivity index (χ0v) is 13.3. The number of hydrogen-bond acceptors (Lipinski definition) is 5. The lowest BCUT2D eigenvalue weighted by molar-refractivity contribution is 0.0952. The predicted molar refractivity (Wildman–Crippen MR) is 83.4 cm³/mol. The van der Waals surface area contributed by atoms with Crippen molar-refractivity contribution in [1.82, 2.24) is 4.98 Å². The molecular formula is C17H14F2N2O4. The topological polar surface area (TPSA) is 60.9 Å². The van der Waals surface area contributed by atoms with Crippen LogP contribution in [0.1, 0.15) is 17.4 Å². The van der Waals surface area contributed by atoms with Gasteiger partial charge in [0.15, 0.2) is 17.4 Å². The first-order valence-corrected chi connectivity index (χ1v) is 7.77. The van der Waals surface area contributed by atoms with E-state index in [1.54, 1.807) is 13.0 Å². The van der Waals surface area contributed by atoms with Crippen LogP contribution >= 0.6 is 0 Å². The van der Waals surface area contributed by atoms with Gasteiger partial charge in [0.05, 0.1) is 12.2 Å². The van der Waals surface area contributed by atoms with E-state index in [1.165, 1.54) is 11.0 Å². The molecule has 1 aromatic carbocycles. The van der Waals surface area contributed by atoms with E-state index in [1.807, 2.05) is 0 Å². The molecule has 0 aliphatic carbocycles. The first-order valence-electron chi connectivity index (χ1n) is 7.77. The Morgan fingerprint density at radius 3 is 2.76 bits per heavy atom. The molecular weight excluding hydrogens is 334 g/mol. The van der Waals surface area contributed by atoms with Crippen molar-refractivity contribution in [2.45, 2.75) is 13.0 Å². The number of ether oxygens (including phenoxy) is 3. The van der Waals surface area contributed by atoms with Crippen LogP contribution in [0.2, 0.25) is 0 Å². The second-order valence-electron chi connectivity index (χ2n) is 5.77. The summed E-state index contributed by atoms with van der Waals surface area (Å²) in [6, 6.07) is 5.00. The number of benzene rings is 1. The highest BCUT2D eigenvalue weighted by Crippen LogP contribution is 2.36. The lowest BCUT2D eigenvalue weighted by Gasteiger charge is -2.33. The Labute approximate surface area is 141 Å². The third-order valence-corrected chi connectivity index (χ3v) is 3.93. The molecule has 1 aromatic heterocycles. The predicted octanol–water partition coefficient (Wildman–Crippen LogP) is 2.56. The van der Waals surface area contributed by atoms with Crippen molar-refractivity contribution in [3.05, 3.63) is 41.6 Å². The number of carbonyl (C=O) groups is 1. The van der Waals surface area contributed by atoms with Crippen molar-refractivity contribution in [2.75, 3.05) is 24.7 Å². The van der Waals surface area contributed by atoms with Gasteiger partial charge in [-0.25, -0.2) is 13.8 Å². The molecule has 1 atom stereocenters. The summed E-state index contributed by atoms with van der Waals surface area (Å²) in [5.41, 5.74) is 0.285. The van der Waals surface area contributed by atoms with Crippen molar-refractivity contribution in [3.8, 4) is 17.4 Å². The maximum Gasteiger partial charge on any atom is 0.277 e. The fraction of sp³-hybridized carbons (Fsp3) is 0.294. The van der Waals surface area contributed by atoms with Crippen molar-refractivity contribution in [3.63, 3.8) is 0 Å². The SMILES string of the molecule is CC1CN(C(=O)c2ccc3c(n2)OCCO3)c2cc(F)c(F)cc2O1. The van der Waals surface area contributed by atoms with Gasteiger partial charge in [0.25, 0.3) is 11.8 Å². The number of hydrogen-bond donors (Lipinski definition) is 0. The zero-order chi connectivity index (χ0) is 17.6. The Bertz CT molecular complexity index is 859. The molecule has 0 fully saturated rings. The summed E-state index contributed by atoms with van der Waals surface area (Å²) in [7, 11) is 0. The van der Waals surface area contributed by atoms with Crippen LogP contribution in [-0.4, -0.2) is 36.8 Å². The normalized spacial score (nSPS) is 18.4. The van der Waals surface area contributed by atoms with Gasteiger partial charge in [-0.3, -0.25) is 9.69 Å². The highest BCUT2D eigenvalue weighted by Gasteiger charge is 2.31. The second kappa shape index (κ2) is 5.87. The number of aromatic nitrogens is 1. The van der Waals surface area contributed by atoms with Gasteiger partial charge >= 0.3 is 0 Å². The van der Waals surface area contributed by atoms with Crippen LogP contribution in [0.4, 0.5) is 14.5 Å². The number of halogens is 2. The number of fused-ring (bicyclic) bond motifs is 2. The van der Waals surface area contributed by atoms with E-state index in [0.29, 0.717) is 19.0 Å². The lowest BCUT2D eigenvalue weighted by Crippen LogP contribution is -2.42. The van der Waals surface area contributed by atoms with Crippen molar-refractivity contribution >= 4 is 11.6 Å². The smallest absolute Gasteiger partial charge is 0.277 e. The van der Waals surface area contributed by atoms with Crippen LogP contribution in [0.15, 0.2) is 24.3 Å². The third kappa shape index (κ3) is 2.73. The summed E-state index contributed by atoms with van der Waals surface area (Å²) < 4.78 is 43.4. The van der Waals surface area contributed by atoms with Gasteiger partial charge < -0.3 is 14.2 Å². The molecule has 3 heterocycles. The molecule has 0 bridgehead atoms. The molecule has 6 nitrogen and oxygen atoms in total. The number of carbonyl (C=O) groups excluding carboxylic acids is 1. The first-order chi connectivity index (χ1) is 12.0. The number of rotatable bonds is 1. The molecule has 8 heteroatoms. The minimum atomic E-state index is -1.05. The molecule has 1 amide bonds. The first kappa shape index (κ1) is 15.6. The summed E-state index contributed by atoms with van der Waals surface area (Å²) in [4.78, 5) is 18.4. The maximum absolute atomic E-state index is 13.6. The molecule has 0 N–H and O–H groups in total. The third-order valence-electron chi connectivity index (χ3n) is 3.93. The average molecular weight is 348 g/mol. The largest absolute Gasteiger partial charge is 0.487 e. The summed E-state index contributed by atoms with van der Waals surface area (Å²) in [5, 5.41) is 0. The molecule has 4 rings (SSSR count). The monoisotopic (exact) mass is 348 g/mol. The van der Waals surface area contributed by atoms with Crippen LogP contribution in [0.3, 0.4) is 0 Å². The summed E-state index contributed by atoms with van der Waals surface area (Å²) in [6.07, 6.45) is -0.376. The quantitative estimate of drug-likeness (QED) is 0.793. The van der Waals surface area contributed by atoms with E-state index in [4.69, 9.17) is 14.2 Å². The number of nitrogens with zero attached hydrogens (tertiary/aromatic N) is 2. The molecule has 2 aliphatic heterocycles. The molecule has 0 spiro atoms. The fourth-order valence-corrected chi connectivity index (χ4v) is 2.81. The minimum absolute atomic E-state index is 0.114. The van der Waals surface area contributed by atoms with Crippen LogP contribution in [0, 0.1) is 11.6 Å². The maximum atomic E-state index is 13.6. The summed E-state index contributed by atoms with van der Waals surface area (Å²) in [6.45, 7) is 2.69. The molecule has 25 heavy (non-hydrogen) atoms. The van der Waals surface area contributed by atoms with Gasteiger partial charge in [-0.2, -0.15) is 0 Å². The Hall–Kier alpha value is -2.90. The van der Waals surface area contributed by atoms with E-state index in [2.05, 4.69) is 4.98 Å². The Balaban J connectivity index is 1.72. The van der Waals surface area contributed by atoms with E-state index in [-0.39, 0.29) is 35.7 Å². The van der Waals surface area contributed by atoms with Crippen LogP contribution in [-0.2, 0) is 0 Å². The molecule has 1 unspecified atom stereocenters. The van der Waals surface area contributed by atoms with Crippen molar-refractivity contribution < 1.29 is 27.8 Å². The molecule has 2 aliphatic rings. The van der Waals surface area contributed by atoms with Gasteiger partial charge in [0.1, 0.15) is 30.8 Å². The highest BCUT2D eigenvalue weighted by atomic mass is 19.2. The van der Waals surface area contributed by atoms with Crippen LogP contribution in [0.5, 0.6) is 17.4 Å². The number of pyridine rings is 1. The highest BCUT2D eigenvalue weighted by molar-refractivity contribution is 6.06. The molecule has 0 radical (unpaired) electrons. The fourth-order valence-electron chi connectivity index (χ4n) is 2.81. The second-order valence-corrected chi connectivity index (χ2v) is 5.77.